The Balaban J connectivity index is 1.17. The molecule has 2 aromatic carbocycles. The molecule has 1 heterocycles. The monoisotopic (exact) mass is 521 g/mol. The molecule has 38 heavy (non-hydrogen) atoms. The maximum atomic E-state index is 13.8. The molecule has 0 bridgehead atoms. The first kappa shape index (κ1) is 26.7. The Morgan fingerprint density at radius 1 is 1.16 bits per heavy atom. The topological polar surface area (TPSA) is 79.5 Å². The molecule has 3 N–H and O–H groups in total. The van der Waals surface area contributed by atoms with E-state index in [4.69, 9.17) is 4.74 Å². The summed E-state index contributed by atoms with van der Waals surface area (Å²) in [6.45, 7) is 7.42. The van der Waals surface area contributed by atoms with Gasteiger partial charge in [0.1, 0.15) is 11.6 Å². The highest BCUT2D eigenvalue weighted by atomic mass is 19.1. The Morgan fingerprint density at radius 2 is 1.97 bits per heavy atom. The Bertz CT molecular complexity index is 1190. The quantitative estimate of drug-likeness (QED) is 0.433. The van der Waals surface area contributed by atoms with Crippen LogP contribution < -0.4 is 20.7 Å². The van der Waals surface area contributed by atoms with Crippen molar-refractivity contribution in [2.24, 2.45) is 5.41 Å². The highest BCUT2D eigenvalue weighted by Crippen LogP contribution is 2.53. The molecule has 2 aromatic rings. The summed E-state index contributed by atoms with van der Waals surface area (Å²) in [6.07, 6.45) is 7.79. The van der Waals surface area contributed by atoms with Crippen molar-refractivity contribution in [2.45, 2.75) is 96.8 Å². The average Bonchev–Trinajstić information content (AvgIpc) is 3.43. The van der Waals surface area contributed by atoms with E-state index in [1.807, 2.05) is 0 Å². The van der Waals surface area contributed by atoms with Gasteiger partial charge >= 0.3 is 0 Å². The van der Waals surface area contributed by atoms with E-state index in [1.165, 1.54) is 42.5 Å². The molecule has 0 aromatic heterocycles. The minimum absolute atomic E-state index is 0.0899. The van der Waals surface area contributed by atoms with Crippen molar-refractivity contribution in [3.05, 3.63) is 64.0 Å². The lowest BCUT2D eigenvalue weighted by molar-refractivity contribution is -0.119. The molecule has 1 aliphatic heterocycles. The number of hydrogen-bond donors (Lipinski definition) is 3. The van der Waals surface area contributed by atoms with Crippen LogP contribution in [0.15, 0.2) is 30.3 Å². The summed E-state index contributed by atoms with van der Waals surface area (Å²) in [5.74, 6) is 0.480. The predicted octanol–water partition coefficient (Wildman–Crippen LogP) is 5.02. The van der Waals surface area contributed by atoms with Crippen LogP contribution >= 0.6 is 0 Å². The van der Waals surface area contributed by atoms with Crippen LogP contribution in [-0.2, 0) is 11.3 Å². The average molecular weight is 522 g/mol. The molecule has 1 saturated heterocycles. The second-order valence-electron chi connectivity index (χ2n) is 11.7. The van der Waals surface area contributed by atoms with Gasteiger partial charge in [0.05, 0.1) is 6.61 Å². The summed E-state index contributed by atoms with van der Waals surface area (Å²) >= 11 is 0. The normalized spacial score (nSPS) is 23.8. The number of amides is 2. The standard InChI is InChI=1S/C31H40FN3O3/c1-19-13-23(15-24(32)14-19)30(37)35-26-16-28(31(17-26)10-4-11-31)33-18-22-5-7-27(21(3)20(22)2)38-12-9-25-6-8-29(36)34-25/h5,7,13-15,25-26,28,33H,4,6,8-12,16-18H2,1-3H3,(H,34,36)(H,35,37)/t25-,26-,28?/m1/s1. The number of nitrogens with one attached hydrogen (secondary N) is 3. The van der Waals surface area contributed by atoms with E-state index in [9.17, 15) is 14.0 Å². The number of ether oxygens (including phenoxy) is 1. The maximum absolute atomic E-state index is 13.8. The molecule has 1 unspecified atom stereocenters. The fourth-order valence-corrected chi connectivity index (χ4v) is 6.62. The second-order valence-corrected chi connectivity index (χ2v) is 11.7. The van der Waals surface area contributed by atoms with Gasteiger partial charge in [0, 0.05) is 43.1 Å². The maximum Gasteiger partial charge on any atom is 0.251 e. The Kier molecular flexibility index (Phi) is 7.75. The lowest BCUT2D eigenvalue weighted by Gasteiger charge is -2.44. The minimum atomic E-state index is -0.374. The summed E-state index contributed by atoms with van der Waals surface area (Å²) in [7, 11) is 0. The lowest BCUT2D eigenvalue weighted by Crippen LogP contribution is -2.45. The summed E-state index contributed by atoms with van der Waals surface area (Å²) in [4.78, 5) is 24.3. The number of hydrogen-bond acceptors (Lipinski definition) is 4. The third-order valence-electron chi connectivity index (χ3n) is 9.10. The van der Waals surface area contributed by atoms with Crippen molar-refractivity contribution in [1.82, 2.24) is 16.0 Å². The van der Waals surface area contributed by atoms with Crippen LogP contribution in [0.25, 0.3) is 0 Å². The smallest absolute Gasteiger partial charge is 0.251 e. The molecule has 1 spiro atoms. The van der Waals surface area contributed by atoms with Gasteiger partial charge < -0.3 is 20.7 Å². The van der Waals surface area contributed by atoms with Crippen molar-refractivity contribution in [2.75, 3.05) is 6.61 Å². The SMILES string of the molecule is Cc1cc(F)cc(C(=O)N[C@@H]2CC(NCc3ccc(OCC[C@H]4CCC(=O)N4)c(C)c3C)C3(CCC3)C2)c1. The second kappa shape index (κ2) is 11.0. The predicted molar refractivity (Wildman–Crippen MR) is 146 cm³/mol. The number of carbonyl (C=O) groups is 2. The van der Waals surface area contributed by atoms with Crippen LogP contribution in [0.2, 0.25) is 0 Å². The third-order valence-corrected chi connectivity index (χ3v) is 9.10. The van der Waals surface area contributed by atoms with E-state index in [1.54, 1.807) is 13.0 Å². The molecule has 2 aliphatic carbocycles. The van der Waals surface area contributed by atoms with Gasteiger partial charge in [0.2, 0.25) is 5.91 Å². The zero-order valence-electron chi connectivity index (χ0n) is 22.8. The van der Waals surface area contributed by atoms with Crippen molar-refractivity contribution < 1.29 is 18.7 Å². The summed E-state index contributed by atoms with van der Waals surface area (Å²) in [6, 6.07) is 9.37. The fraction of sp³-hybridized carbons (Fsp3) is 0.548. The van der Waals surface area contributed by atoms with Crippen molar-refractivity contribution in [3.63, 3.8) is 0 Å². The summed E-state index contributed by atoms with van der Waals surface area (Å²) in [5, 5.41) is 10.0. The summed E-state index contributed by atoms with van der Waals surface area (Å²) < 4.78 is 19.9. The fourth-order valence-electron chi connectivity index (χ4n) is 6.62. The number of halogens is 1. The zero-order chi connectivity index (χ0) is 26.9. The van der Waals surface area contributed by atoms with E-state index in [0.29, 0.717) is 24.6 Å². The molecule has 6 nitrogen and oxygen atoms in total. The Hall–Kier alpha value is -2.93. The van der Waals surface area contributed by atoms with Gasteiger partial charge in [-0.1, -0.05) is 12.5 Å². The molecule has 3 fully saturated rings. The molecule has 7 heteroatoms. The molecule has 3 aliphatic rings. The van der Waals surface area contributed by atoms with Crippen LogP contribution in [0, 0.1) is 32.0 Å². The molecule has 204 valence electrons. The molecular formula is C31H40FN3O3. The summed E-state index contributed by atoms with van der Waals surface area (Å²) in [5.41, 5.74) is 5.02. The Morgan fingerprint density at radius 3 is 2.66 bits per heavy atom. The molecular weight excluding hydrogens is 481 g/mol. The number of carbonyl (C=O) groups excluding carboxylic acids is 2. The molecule has 2 saturated carbocycles. The van der Waals surface area contributed by atoms with Gasteiger partial charge in [-0.25, -0.2) is 4.39 Å². The zero-order valence-corrected chi connectivity index (χ0v) is 22.8. The van der Waals surface area contributed by atoms with Crippen LogP contribution in [0.3, 0.4) is 0 Å². The van der Waals surface area contributed by atoms with Crippen LogP contribution in [0.5, 0.6) is 5.75 Å². The van der Waals surface area contributed by atoms with Gasteiger partial charge in [-0.3, -0.25) is 9.59 Å². The van der Waals surface area contributed by atoms with Crippen molar-refractivity contribution in [3.8, 4) is 5.75 Å². The molecule has 5 rings (SSSR count). The van der Waals surface area contributed by atoms with Gasteiger partial charge in [-0.2, -0.15) is 0 Å². The largest absolute Gasteiger partial charge is 0.493 e. The highest BCUT2D eigenvalue weighted by molar-refractivity contribution is 5.94. The van der Waals surface area contributed by atoms with E-state index in [-0.39, 0.29) is 35.1 Å². The van der Waals surface area contributed by atoms with Crippen LogP contribution in [0.1, 0.15) is 84.0 Å². The van der Waals surface area contributed by atoms with E-state index in [2.05, 4.69) is 41.9 Å². The molecule has 3 atom stereocenters. The van der Waals surface area contributed by atoms with Crippen molar-refractivity contribution in [1.29, 1.82) is 0 Å². The van der Waals surface area contributed by atoms with Crippen LogP contribution in [-0.4, -0.2) is 36.5 Å². The van der Waals surface area contributed by atoms with Crippen LogP contribution in [0.4, 0.5) is 4.39 Å². The number of aryl methyl sites for hydroxylation is 1. The first-order chi connectivity index (χ1) is 18.2. The third kappa shape index (κ3) is 5.73. The minimum Gasteiger partial charge on any atom is -0.493 e. The lowest BCUT2D eigenvalue weighted by atomic mass is 9.65. The first-order valence-corrected chi connectivity index (χ1v) is 14.1. The van der Waals surface area contributed by atoms with E-state index < -0.39 is 0 Å². The number of rotatable bonds is 9. The van der Waals surface area contributed by atoms with Gasteiger partial charge in [-0.05, 0) is 105 Å². The molecule has 0 radical (unpaired) electrons. The Labute approximate surface area is 225 Å². The van der Waals surface area contributed by atoms with E-state index >= 15 is 0 Å². The van der Waals surface area contributed by atoms with Gasteiger partial charge in [-0.15, -0.1) is 0 Å². The van der Waals surface area contributed by atoms with Crippen molar-refractivity contribution >= 4 is 11.8 Å². The van der Waals surface area contributed by atoms with E-state index in [0.717, 1.165) is 49.1 Å². The first-order valence-electron chi connectivity index (χ1n) is 14.1. The number of benzene rings is 2. The molecule has 2 amide bonds. The van der Waals surface area contributed by atoms with Gasteiger partial charge in [0.15, 0.2) is 0 Å². The highest BCUT2D eigenvalue weighted by Gasteiger charge is 2.50. The van der Waals surface area contributed by atoms with Gasteiger partial charge in [0.25, 0.3) is 5.91 Å².